The molecule has 2 aromatic rings. The van der Waals surface area contributed by atoms with Crippen molar-refractivity contribution in [3.05, 3.63) is 38.6 Å². The van der Waals surface area contributed by atoms with Gasteiger partial charge in [0.25, 0.3) is 0 Å². The molecular formula is C10H11N5O2S. The summed E-state index contributed by atoms with van der Waals surface area (Å²) in [7, 11) is 0. The van der Waals surface area contributed by atoms with Crippen molar-refractivity contribution >= 4 is 23.0 Å². The summed E-state index contributed by atoms with van der Waals surface area (Å²) in [5.41, 5.74) is -0.122. The number of aryl methyl sites for hydroxylation is 1. The normalized spacial score (nSPS) is 10.3. The maximum atomic E-state index is 10.4. The van der Waals surface area contributed by atoms with Gasteiger partial charge in [-0.05, 0) is 6.42 Å². The van der Waals surface area contributed by atoms with Crippen LogP contribution in [0.2, 0.25) is 0 Å². The van der Waals surface area contributed by atoms with Gasteiger partial charge in [-0.25, -0.2) is 15.0 Å². The number of nitrogens with one attached hydrogen (secondary N) is 1. The summed E-state index contributed by atoms with van der Waals surface area (Å²) in [5.74, 6) is 0.355. The van der Waals surface area contributed by atoms with Crippen molar-refractivity contribution in [2.75, 3.05) is 5.32 Å². The van der Waals surface area contributed by atoms with Crippen LogP contribution in [-0.4, -0.2) is 19.9 Å². The smallest absolute Gasteiger partial charge is 0.305 e. The fourth-order valence-electron chi connectivity index (χ4n) is 1.25. The maximum Gasteiger partial charge on any atom is 0.305 e. The minimum atomic E-state index is -0.530. The molecule has 0 unspecified atom stereocenters. The number of hydrogen-bond donors (Lipinski definition) is 1. The first kappa shape index (κ1) is 12.4. The number of anilines is 1. The van der Waals surface area contributed by atoms with Crippen molar-refractivity contribution in [1.29, 1.82) is 0 Å². The Kier molecular flexibility index (Phi) is 3.78. The summed E-state index contributed by atoms with van der Waals surface area (Å²) in [5, 5.41) is 14.3. The van der Waals surface area contributed by atoms with E-state index in [1.165, 1.54) is 17.3 Å². The summed E-state index contributed by atoms with van der Waals surface area (Å²) in [6.07, 6.45) is 5.16. The first-order valence-electron chi connectivity index (χ1n) is 5.33. The lowest BCUT2D eigenvalue weighted by molar-refractivity contribution is -0.385. The number of aromatic nitrogens is 3. The fraction of sp³-hybridized carbons (Fsp3) is 0.300. The molecule has 0 saturated heterocycles. The van der Waals surface area contributed by atoms with Gasteiger partial charge in [0, 0.05) is 11.1 Å². The summed E-state index contributed by atoms with van der Waals surface area (Å²) in [6, 6.07) is 0. The van der Waals surface area contributed by atoms with Gasteiger partial charge in [-0.3, -0.25) is 10.1 Å². The molecule has 0 amide bonds. The van der Waals surface area contributed by atoms with Gasteiger partial charge in [-0.15, -0.1) is 11.3 Å². The molecule has 0 aromatic carbocycles. The molecule has 0 spiro atoms. The number of nitro groups is 1. The number of hydrogen-bond acceptors (Lipinski definition) is 7. The average molecular weight is 265 g/mol. The molecule has 2 rings (SSSR count). The van der Waals surface area contributed by atoms with Crippen LogP contribution in [-0.2, 0) is 13.0 Å². The van der Waals surface area contributed by atoms with Gasteiger partial charge in [0.15, 0.2) is 0 Å². The average Bonchev–Trinajstić information content (AvgIpc) is 2.85. The molecule has 7 nitrogen and oxygen atoms in total. The van der Waals surface area contributed by atoms with Crippen molar-refractivity contribution < 1.29 is 4.92 Å². The van der Waals surface area contributed by atoms with Crippen LogP contribution in [0.1, 0.15) is 16.8 Å². The first-order valence-corrected chi connectivity index (χ1v) is 6.14. The minimum absolute atomic E-state index is 0.122. The number of nitrogens with zero attached hydrogens (tertiary/aromatic N) is 4. The zero-order chi connectivity index (χ0) is 13.0. The SMILES string of the molecule is CCc1cnc(CNc2ncc([N+](=O)[O-])cn2)s1. The van der Waals surface area contributed by atoms with Crippen LogP contribution in [0.4, 0.5) is 11.6 Å². The van der Waals surface area contributed by atoms with Crippen LogP contribution in [0.3, 0.4) is 0 Å². The molecule has 2 heterocycles. The molecule has 0 radical (unpaired) electrons. The van der Waals surface area contributed by atoms with Crippen LogP contribution in [0.5, 0.6) is 0 Å². The highest BCUT2D eigenvalue weighted by atomic mass is 32.1. The lowest BCUT2D eigenvalue weighted by Gasteiger charge is -2.00. The van der Waals surface area contributed by atoms with Gasteiger partial charge >= 0.3 is 5.69 Å². The van der Waals surface area contributed by atoms with E-state index in [-0.39, 0.29) is 5.69 Å². The Labute approximate surface area is 107 Å². The van der Waals surface area contributed by atoms with Crippen molar-refractivity contribution in [3.8, 4) is 0 Å². The summed E-state index contributed by atoms with van der Waals surface area (Å²) in [6.45, 7) is 2.59. The Bertz CT molecular complexity index is 539. The van der Waals surface area contributed by atoms with Gasteiger partial charge in [0.1, 0.15) is 17.4 Å². The van der Waals surface area contributed by atoms with Crippen molar-refractivity contribution in [1.82, 2.24) is 15.0 Å². The van der Waals surface area contributed by atoms with E-state index >= 15 is 0 Å². The second-order valence-electron chi connectivity index (χ2n) is 3.45. The molecule has 8 heteroatoms. The Morgan fingerprint density at radius 3 is 2.61 bits per heavy atom. The molecule has 0 aliphatic heterocycles. The predicted octanol–water partition coefficient (Wildman–Crippen LogP) is 2.02. The molecule has 18 heavy (non-hydrogen) atoms. The quantitative estimate of drug-likeness (QED) is 0.656. The molecule has 0 atom stereocenters. The van der Waals surface area contributed by atoms with Crippen LogP contribution in [0.15, 0.2) is 18.6 Å². The van der Waals surface area contributed by atoms with Gasteiger partial charge in [0.05, 0.1) is 11.5 Å². The lowest BCUT2D eigenvalue weighted by atomic mass is 10.4. The molecule has 94 valence electrons. The Balaban J connectivity index is 1.95. The van der Waals surface area contributed by atoms with Crippen LogP contribution < -0.4 is 5.32 Å². The van der Waals surface area contributed by atoms with E-state index in [2.05, 4.69) is 27.2 Å². The van der Waals surface area contributed by atoms with E-state index in [0.29, 0.717) is 12.5 Å². The van der Waals surface area contributed by atoms with E-state index in [4.69, 9.17) is 0 Å². The van der Waals surface area contributed by atoms with E-state index in [1.807, 2.05) is 6.20 Å². The Hall–Kier alpha value is -2.09. The molecule has 1 N–H and O–H groups in total. The molecule has 0 saturated carbocycles. The molecule has 0 bridgehead atoms. The van der Waals surface area contributed by atoms with E-state index in [1.54, 1.807) is 11.3 Å². The van der Waals surface area contributed by atoms with Crippen molar-refractivity contribution in [3.63, 3.8) is 0 Å². The fourth-order valence-corrected chi connectivity index (χ4v) is 2.06. The van der Waals surface area contributed by atoms with Crippen LogP contribution in [0.25, 0.3) is 0 Å². The molecule has 2 aromatic heterocycles. The topological polar surface area (TPSA) is 93.8 Å². The highest BCUT2D eigenvalue weighted by Gasteiger charge is 2.07. The summed E-state index contributed by atoms with van der Waals surface area (Å²) in [4.78, 5) is 23.1. The zero-order valence-electron chi connectivity index (χ0n) is 9.66. The van der Waals surface area contributed by atoms with E-state index in [9.17, 15) is 10.1 Å². The van der Waals surface area contributed by atoms with Gasteiger partial charge < -0.3 is 5.32 Å². The second kappa shape index (κ2) is 5.50. The van der Waals surface area contributed by atoms with Crippen LogP contribution in [0, 0.1) is 10.1 Å². The monoisotopic (exact) mass is 265 g/mol. The largest absolute Gasteiger partial charge is 0.348 e. The Morgan fingerprint density at radius 2 is 2.06 bits per heavy atom. The third kappa shape index (κ3) is 2.98. The predicted molar refractivity (Wildman–Crippen MR) is 67.5 cm³/mol. The zero-order valence-corrected chi connectivity index (χ0v) is 10.5. The Morgan fingerprint density at radius 1 is 1.33 bits per heavy atom. The molecule has 0 fully saturated rings. The number of thiazole rings is 1. The maximum absolute atomic E-state index is 10.4. The van der Waals surface area contributed by atoms with Gasteiger partial charge in [-0.2, -0.15) is 0 Å². The molecular weight excluding hydrogens is 254 g/mol. The summed E-state index contributed by atoms with van der Waals surface area (Å²) >= 11 is 1.62. The van der Waals surface area contributed by atoms with Crippen LogP contribution >= 0.6 is 11.3 Å². The highest BCUT2D eigenvalue weighted by Crippen LogP contribution is 2.14. The highest BCUT2D eigenvalue weighted by molar-refractivity contribution is 7.11. The van der Waals surface area contributed by atoms with Gasteiger partial charge in [0.2, 0.25) is 5.95 Å². The van der Waals surface area contributed by atoms with Gasteiger partial charge in [-0.1, -0.05) is 6.92 Å². The standard InChI is InChI=1S/C10H11N5O2S/c1-2-8-5-11-9(18-8)6-14-10-12-3-7(4-13-10)15(16)17/h3-5H,2,6H2,1H3,(H,12,13,14). The van der Waals surface area contributed by atoms with Crippen molar-refractivity contribution in [2.24, 2.45) is 0 Å². The third-order valence-electron chi connectivity index (χ3n) is 2.20. The summed E-state index contributed by atoms with van der Waals surface area (Å²) < 4.78 is 0. The van der Waals surface area contributed by atoms with E-state index < -0.39 is 4.92 Å². The first-order chi connectivity index (χ1) is 8.69. The van der Waals surface area contributed by atoms with E-state index in [0.717, 1.165) is 11.4 Å². The number of rotatable bonds is 5. The minimum Gasteiger partial charge on any atom is -0.348 e. The third-order valence-corrected chi connectivity index (χ3v) is 3.34. The lowest BCUT2D eigenvalue weighted by Crippen LogP contribution is -2.03. The second-order valence-corrected chi connectivity index (χ2v) is 4.65. The molecule has 0 aliphatic carbocycles. The van der Waals surface area contributed by atoms with Crippen molar-refractivity contribution in [2.45, 2.75) is 19.9 Å². The molecule has 0 aliphatic rings.